The fourth-order valence-electron chi connectivity index (χ4n) is 2.01. The number of benzene rings is 1. The van der Waals surface area contributed by atoms with Crippen LogP contribution in [-0.4, -0.2) is 25.7 Å². The van der Waals surface area contributed by atoms with E-state index in [4.69, 9.17) is 10.5 Å². The fraction of sp³-hybridized carbons (Fsp3) is 0.267. The topological polar surface area (TPSA) is 51.4 Å². The standard InChI is InChI=1S/C15H18FN3O/c1-19(8-5-11-3-6-18-7-4-11)14-10-15(20-2)12(16)9-13(14)17/h3-4,6-7,9-10H,5,8,17H2,1-2H3. The van der Waals surface area contributed by atoms with Gasteiger partial charge in [0.25, 0.3) is 0 Å². The van der Waals surface area contributed by atoms with Crippen molar-refractivity contribution in [1.29, 1.82) is 0 Å². The number of nitrogens with zero attached hydrogens (tertiary/aromatic N) is 2. The Kier molecular flexibility index (Phi) is 4.40. The fourth-order valence-corrected chi connectivity index (χ4v) is 2.01. The number of hydrogen-bond donors (Lipinski definition) is 1. The molecule has 5 heteroatoms. The van der Waals surface area contributed by atoms with Crippen molar-refractivity contribution >= 4 is 11.4 Å². The second kappa shape index (κ2) is 6.23. The summed E-state index contributed by atoms with van der Waals surface area (Å²) in [5, 5.41) is 0. The van der Waals surface area contributed by atoms with Crippen LogP contribution in [-0.2, 0) is 6.42 Å². The van der Waals surface area contributed by atoms with E-state index in [-0.39, 0.29) is 5.75 Å². The first-order valence-electron chi connectivity index (χ1n) is 6.35. The average molecular weight is 275 g/mol. The Balaban J connectivity index is 2.11. The number of likely N-dealkylation sites (N-methyl/N-ethyl adjacent to an activating group) is 1. The number of nitrogen functional groups attached to an aromatic ring is 1. The zero-order chi connectivity index (χ0) is 14.5. The van der Waals surface area contributed by atoms with E-state index in [0.717, 1.165) is 18.7 Å². The van der Waals surface area contributed by atoms with Crippen LogP contribution in [0, 0.1) is 5.82 Å². The SMILES string of the molecule is COc1cc(N(C)CCc2ccncc2)c(N)cc1F. The molecule has 1 heterocycles. The highest BCUT2D eigenvalue weighted by molar-refractivity contribution is 5.69. The van der Waals surface area contributed by atoms with Gasteiger partial charge < -0.3 is 15.4 Å². The van der Waals surface area contributed by atoms with E-state index in [0.29, 0.717) is 5.69 Å². The average Bonchev–Trinajstić information content (AvgIpc) is 2.46. The first kappa shape index (κ1) is 14.1. The molecule has 0 unspecified atom stereocenters. The van der Waals surface area contributed by atoms with Gasteiger partial charge in [0.15, 0.2) is 11.6 Å². The van der Waals surface area contributed by atoms with Crippen LogP contribution in [0.25, 0.3) is 0 Å². The highest BCUT2D eigenvalue weighted by Gasteiger charge is 2.11. The Morgan fingerprint density at radius 2 is 2.00 bits per heavy atom. The summed E-state index contributed by atoms with van der Waals surface area (Å²) >= 11 is 0. The summed E-state index contributed by atoms with van der Waals surface area (Å²) in [6.45, 7) is 0.767. The lowest BCUT2D eigenvalue weighted by Crippen LogP contribution is -2.21. The third kappa shape index (κ3) is 3.17. The molecule has 0 atom stereocenters. The van der Waals surface area contributed by atoms with Crippen molar-refractivity contribution in [2.24, 2.45) is 0 Å². The van der Waals surface area contributed by atoms with Crippen LogP contribution >= 0.6 is 0 Å². The van der Waals surface area contributed by atoms with E-state index in [9.17, 15) is 4.39 Å². The second-order valence-corrected chi connectivity index (χ2v) is 4.57. The Labute approximate surface area is 118 Å². The molecule has 0 aliphatic carbocycles. The van der Waals surface area contributed by atoms with Gasteiger partial charge in [0.1, 0.15) is 0 Å². The first-order valence-corrected chi connectivity index (χ1v) is 6.35. The third-order valence-electron chi connectivity index (χ3n) is 3.20. The highest BCUT2D eigenvalue weighted by atomic mass is 19.1. The Morgan fingerprint density at radius 1 is 1.30 bits per heavy atom. The molecular weight excluding hydrogens is 257 g/mol. The number of hydrogen-bond acceptors (Lipinski definition) is 4. The number of ether oxygens (including phenoxy) is 1. The van der Waals surface area contributed by atoms with Gasteiger partial charge in [-0.2, -0.15) is 0 Å². The van der Waals surface area contributed by atoms with E-state index in [1.807, 2.05) is 24.1 Å². The third-order valence-corrected chi connectivity index (χ3v) is 3.20. The summed E-state index contributed by atoms with van der Waals surface area (Å²) in [7, 11) is 3.36. The number of pyridine rings is 1. The molecule has 0 saturated heterocycles. The van der Waals surface area contributed by atoms with Crippen LogP contribution in [0.5, 0.6) is 5.75 Å². The van der Waals surface area contributed by atoms with Crippen LogP contribution in [0.1, 0.15) is 5.56 Å². The molecule has 1 aromatic heterocycles. The molecule has 4 nitrogen and oxygen atoms in total. The summed E-state index contributed by atoms with van der Waals surface area (Å²) in [6, 6.07) is 6.86. The molecule has 1 aromatic carbocycles. The van der Waals surface area contributed by atoms with E-state index in [2.05, 4.69) is 4.98 Å². The smallest absolute Gasteiger partial charge is 0.167 e. The van der Waals surface area contributed by atoms with Crippen molar-refractivity contribution in [2.45, 2.75) is 6.42 Å². The van der Waals surface area contributed by atoms with Crippen LogP contribution in [0.3, 0.4) is 0 Å². The number of methoxy groups -OCH3 is 1. The van der Waals surface area contributed by atoms with Gasteiger partial charge in [-0.25, -0.2) is 4.39 Å². The predicted molar refractivity (Wildman–Crippen MR) is 78.6 cm³/mol. The molecule has 20 heavy (non-hydrogen) atoms. The number of nitrogens with two attached hydrogens (primary N) is 1. The molecule has 0 fully saturated rings. The maximum Gasteiger partial charge on any atom is 0.167 e. The van der Waals surface area contributed by atoms with Gasteiger partial charge in [0.2, 0.25) is 0 Å². The zero-order valence-corrected chi connectivity index (χ0v) is 11.6. The van der Waals surface area contributed by atoms with Gasteiger partial charge in [-0.3, -0.25) is 4.98 Å². The molecule has 2 N–H and O–H groups in total. The van der Waals surface area contributed by atoms with Crippen LogP contribution in [0.15, 0.2) is 36.7 Å². The zero-order valence-electron chi connectivity index (χ0n) is 11.6. The normalized spacial score (nSPS) is 10.3. The van der Waals surface area contributed by atoms with E-state index in [1.54, 1.807) is 18.5 Å². The Hall–Kier alpha value is -2.30. The summed E-state index contributed by atoms with van der Waals surface area (Å²) < 4.78 is 18.5. The minimum Gasteiger partial charge on any atom is -0.494 e. The molecule has 0 aliphatic rings. The van der Waals surface area contributed by atoms with Gasteiger partial charge in [-0.1, -0.05) is 0 Å². The van der Waals surface area contributed by atoms with E-state index in [1.165, 1.54) is 18.7 Å². The molecule has 0 saturated carbocycles. The molecule has 2 rings (SSSR count). The van der Waals surface area contributed by atoms with Gasteiger partial charge in [-0.05, 0) is 24.1 Å². The molecular formula is C15H18FN3O. The molecule has 0 aliphatic heterocycles. The van der Waals surface area contributed by atoms with Crippen LogP contribution < -0.4 is 15.4 Å². The summed E-state index contributed by atoms with van der Waals surface area (Å²) in [5.41, 5.74) is 8.23. The van der Waals surface area contributed by atoms with Crippen molar-refractivity contribution in [3.8, 4) is 5.75 Å². The Bertz CT molecular complexity index is 575. The van der Waals surface area contributed by atoms with Crippen molar-refractivity contribution in [1.82, 2.24) is 4.98 Å². The van der Waals surface area contributed by atoms with Crippen molar-refractivity contribution < 1.29 is 9.13 Å². The lowest BCUT2D eigenvalue weighted by molar-refractivity contribution is 0.387. The second-order valence-electron chi connectivity index (χ2n) is 4.57. The minimum absolute atomic E-state index is 0.199. The monoisotopic (exact) mass is 275 g/mol. The van der Waals surface area contributed by atoms with Gasteiger partial charge in [0, 0.05) is 38.1 Å². The summed E-state index contributed by atoms with van der Waals surface area (Å²) in [6.07, 6.45) is 4.40. The summed E-state index contributed by atoms with van der Waals surface area (Å²) in [4.78, 5) is 5.97. The quantitative estimate of drug-likeness (QED) is 0.852. The first-order chi connectivity index (χ1) is 9.61. The van der Waals surface area contributed by atoms with Crippen molar-refractivity contribution in [3.63, 3.8) is 0 Å². The van der Waals surface area contributed by atoms with Crippen molar-refractivity contribution in [2.75, 3.05) is 31.3 Å². The maximum absolute atomic E-state index is 13.5. The van der Waals surface area contributed by atoms with E-state index >= 15 is 0 Å². The number of halogens is 1. The van der Waals surface area contributed by atoms with Crippen molar-refractivity contribution in [3.05, 3.63) is 48.0 Å². The molecule has 0 bridgehead atoms. The largest absolute Gasteiger partial charge is 0.494 e. The number of anilines is 2. The minimum atomic E-state index is -0.448. The lowest BCUT2D eigenvalue weighted by atomic mass is 10.1. The molecule has 0 radical (unpaired) electrons. The molecule has 2 aromatic rings. The Morgan fingerprint density at radius 3 is 2.65 bits per heavy atom. The lowest BCUT2D eigenvalue weighted by Gasteiger charge is -2.22. The van der Waals surface area contributed by atoms with Gasteiger partial charge >= 0.3 is 0 Å². The van der Waals surface area contributed by atoms with Gasteiger partial charge in [0.05, 0.1) is 18.5 Å². The maximum atomic E-state index is 13.5. The molecule has 0 amide bonds. The number of aromatic nitrogens is 1. The predicted octanol–water partition coefficient (Wildman–Crippen LogP) is 2.49. The molecule has 106 valence electrons. The van der Waals surface area contributed by atoms with Crippen LogP contribution in [0.4, 0.5) is 15.8 Å². The number of rotatable bonds is 5. The highest BCUT2D eigenvalue weighted by Crippen LogP contribution is 2.30. The van der Waals surface area contributed by atoms with Gasteiger partial charge in [-0.15, -0.1) is 0 Å². The van der Waals surface area contributed by atoms with E-state index < -0.39 is 5.82 Å². The van der Waals surface area contributed by atoms with Crippen LogP contribution in [0.2, 0.25) is 0 Å². The summed E-state index contributed by atoms with van der Waals surface area (Å²) in [5.74, 6) is -0.249. The molecule has 0 spiro atoms.